The SMILES string of the molecule is Cc1ccccc1-c1cc(-c2cc(CO)no2)ncc1N(C)C(=O)C(C)(C)c1cc(C(F)(F)F)cc(C(F)(F)F)c1. The molecule has 0 saturated carbocycles. The minimum atomic E-state index is -5.06. The average Bonchev–Trinajstić information content (AvgIpc) is 3.40. The van der Waals surface area contributed by atoms with Gasteiger partial charge in [-0.25, -0.2) is 0 Å². The van der Waals surface area contributed by atoms with E-state index in [0.29, 0.717) is 29.0 Å². The van der Waals surface area contributed by atoms with Crippen molar-refractivity contribution in [1.82, 2.24) is 10.1 Å². The van der Waals surface area contributed by atoms with Gasteiger partial charge in [0.25, 0.3) is 0 Å². The number of hydrogen-bond acceptors (Lipinski definition) is 5. The topological polar surface area (TPSA) is 79.5 Å². The number of aromatic nitrogens is 2. The normalized spacial score (nSPS) is 12.5. The lowest BCUT2D eigenvalue weighted by Crippen LogP contribution is -2.42. The molecule has 0 aliphatic rings. The number of aliphatic hydroxyl groups is 1. The molecule has 0 bridgehead atoms. The summed E-state index contributed by atoms with van der Waals surface area (Å²) in [7, 11) is 1.37. The van der Waals surface area contributed by atoms with Crippen molar-refractivity contribution in [2.45, 2.75) is 45.1 Å². The molecule has 12 heteroatoms. The molecule has 4 rings (SSSR count). The first kappa shape index (κ1) is 29.8. The molecular weight excluding hydrogens is 552 g/mol. The maximum atomic E-state index is 13.8. The summed E-state index contributed by atoms with van der Waals surface area (Å²) in [6.07, 6.45) is -8.76. The van der Waals surface area contributed by atoms with Crippen molar-refractivity contribution in [2.75, 3.05) is 11.9 Å². The summed E-state index contributed by atoms with van der Waals surface area (Å²) < 4.78 is 86.5. The minimum Gasteiger partial charge on any atom is -0.390 e. The van der Waals surface area contributed by atoms with Crippen molar-refractivity contribution in [2.24, 2.45) is 0 Å². The van der Waals surface area contributed by atoms with Crippen molar-refractivity contribution >= 4 is 11.6 Å². The minimum absolute atomic E-state index is 0.0262. The molecule has 0 radical (unpaired) electrons. The Kier molecular flexibility index (Phi) is 7.74. The number of rotatable bonds is 6. The van der Waals surface area contributed by atoms with Crippen molar-refractivity contribution in [1.29, 1.82) is 0 Å². The summed E-state index contributed by atoms with van der Waals surface area (Å²) in [5.41, 5.74) is -2.39. The van der Waals surface area contributed by atoms with Gasteiger partial charge in [0.1, 0.15) is 11.4 Å². The third-order valence-corrected chi connectivity index (χ3v) is 6.80. The molecule has 0 spiro atoms. The molecule has 4 aromatic rings. The molecule has 0 aliphatic carbocycles. The first-order chi connectivity index (χ1) is 19.0. The number of halogens is 6. The Balaban J connectivity index is 1.84. The van der Waals surface area contributed by atoms with Crippen LogP contribution in [-0.2, 0) is 29.2 Å². The fraction of sp³-hybridized carbons (Fsp3) is 0.276. The van der Waals surface area contributed by atoms with E-state index in [1.807, 2.05) is 19.1 Å². The van der Waals surface area contributed by atoms with Crippen LogP contribution in [0.2, 0.25) is 0 Å². The van der Waals surface area contributed by atoms with Crippen LogP contribution in [0.15, 0.2) is 65.3 Å². The summed E-state index contributed by atoms with van der Waals surface area (Å²) in [5, 5.41) is 13.1. The Labute approximate surface area is 231 Å². The largest absolute Gasteiger partial charge is 0.416 e. The quantitative estimate of drug-likeness (QED) is 0.246. The van der Waals surface area contributed by atoms with Crippen LogP contribution >= 0.6 is 0 Å². The van der Waals surface area contributed by atoms with E-state index in [0.717, 1.165) is 10.5 Å². The lowest BCUT2D eigenvalue weighted by Gasteiger charge is -2.32. The second kappa shape index (κ2) is 10.7. The fourth-order valence-corrected chi connectivity index (χ4v) is 4.42. The molecule has 0 fully saturated rings. The number of amides is 1. The van der Waals surface area contributed by atoms with Crippen LogP contribution in [0.4, 0.5) is 32.0 Å². The molecule has 0 unspecified atom stereocenters. The van der Waals surface area contributed by atoms with Gasteiger partial charge in [-0.15, -0.1) is 0 Å². The molecule has 6 nitrogen and oxygen atoms in total. The van der Waals surface area contributed by atoms with Gasteiger partial charge in [0.15, 0.2) is 5.76 Å². The number of alkyl halides is 6. The smallest absolute Gasteiger partial charge is 0.390 e. The van der Waals surface area contributed by atoms with E-state index in [2.05, 4.69) is 10.1 Å². The number of aliphatic hydroxyl groups excluding tert-OH is 1. The highest BCUT2D eigenvalue weighted by Gasteiger charge is 2.41. The second-order valence-corrected chi connectivity index (χ2v) is 10.0. The Morgan fingerprint density at radius 3 is 2.02 bits per heavy atom. The zero-order chi connectivity index (χ0) is 30.3. The monoisotopic (exact) mass is 577 g/mol. The van der Waals surface area contributed by atoms with Crippen LogP contribution in [0.5, 0.6) is 0 Å². The molecule has 41 heavy (non-hydrogen) atoms. The van der Waals surface area contributed by atoms with Gasteiger partial charge in [0.2, 0.25) is 5.91 Å². The zero-order valence-corrected chi connectivity index (χ0v) is 22.4. The van der Waals surface area contributed by atoms with E-state index in [1.165, 1.54) is 33.2 Å². The van der Waals surface area contributed by atoms with E-state index < -0.39 is 40.4 Å². The van der Waals surface area contributed by atoms with E-state index in [1.54, 1.807) is 18.2 Å². The van der Waals surface area contributed by atoms with Crippen LogP contribution in [0, 0.1) is 6.92 Å². The second-order valence-electron chi connectivity index (χ2n) is 10.0. The zero-order valence-electron chi connectivity index (χ0n) is 22.4. The predicted molar refractivity (Wildman–Crippen MR) is 139 cm³/mol. The summed E-state index contributed by atoms with van der Waals surface area (Å²) >= 11 is 0. The number of pyridine rings is 1. The summed E-state index contributed by atoms with van der Waals surface area (Å²) in [4.78, 5) is 19.3. The Morgan fingerprint density at radius 2 is 1.49 bits per heavy atom. The molecule has 1 amide bonds. The summed E-state index contributed by atoms with van der Waals surface area (Å²) in [5.74, 6) is -0.523. The van der Waals surface area contributed by atoms with Gasteiger partial charge in [0, 0.05) is 18.7 Å². The molecular formula is C29H25F6N3O3. The highest BCUT2D eigenvalue weighted by molar-refractivity contribution is 6.03. The van der Waals surface area contributed by atoms with Crippen molar-refractivity contribution in [3.63, 3.8) is 0 Å². The molecule has 0 saturated heterocycles. The van der Waals surface area contributed by atoms with Crippen LogP contribution < -0.4 is 4.90 Å². The Morgan fingerprint density at radius 1 is 0.902 bits per heavy atom. The number of hydrogen-bond donors (Lipinski definition) is 1. The van der Waals surface area contributed by atoms with Crippen LogP contribution in [-0.4, -0.2) is 28.2 Å². The van der Waals surface area contributed by atoms with Gasteiger partial charge in [-0.05, 0) is 61.7 Å². The van der Waals surface area contributed by atoms with Gasteiger partial charge in [-0.2, -0.15) is 26.3 Å². The van der Waals surface area contributed by atoms with Gasteiger partial charge in [0.05, 0.1) is 35.0 Å². The molecule has 2 heterocycles. The average molecular weight is 578 g/mol. The lowest BCUT2D eigenvalue weighted by atomic mass is 9.81. The molecule has 216 valence electrons. The number of likely N-dealkylation sites (N-methyl/N-ethyl adjacent to an activating group) is 1. The van der Waals surface area contributed by atoms with Crippen molar-refractivity contribution < 1.29 is 40.8 Å². The Bertz CT molecular complexity index is 1560. The van der Waals surface area contributed by atoms with Crippen LogP contribution in [0.25, 0.3) is 22.6 Å². The molecule has 0 atom stereocenters. The number of aryl methyl sites for hydroxylation is 1. The highest BCUT2D eigenvalue weighted by atomic mass is 19.4. The van der Waals surface area contributed by atoms with Gasteiger partial charge in [-0.1, -0.05) is 29.4 Å². The van der Waals surface area contributed by atoms with Gasteiger partial charge in [-0.3, -0.25) is 9.78 Å². The van der Waals surface area contributed by atoms with Crippen LogP contribution in [0.3, 0.4) is 0 Å². The number of nitrogens with zero attached hydrogens (tertiary/aromatic N) is 3. The molecule has 1 N–H and O–H groups in total. The third kappa shape index (κ3) is 5.97. The third-order valence-electron chi connectivity index (χ3n) is 6.80. The van der Waals surface area contributed by atoms with E-state index >= 15 is 0 Å². The maximum absolute atomic E-state index is 13.8. The first-order valence-electron chi connectivity index (χ1n) is 12.2. The van der Waals surface area contributed by atoms with E-state index in [-0.39, 0.29) is 29.8 Å². The maximum Gasteiger partial charge on any atom is 0.416 e. The van der Waals surface area contributed by atoms with Crippen LogP contribution in [0.1, 0.15) is 41.8 Å². The number of anilines is 1. The van der Waals surface area contributed by atoms with Crippen molar-refractivity contribution in [3.8, 4) is 22.6 Å². The molecule has 0 aliphatic heterocycles. The van der Waals surface area contributed by atoms with E-state index in [4.69, 9.17) is 4.52 Å². The highest BCUT2D eigenvalue weighted by Crippen LogP contribution is 2.41. The van der Waals surface area contributed by atoms with Gasteiger partial charge >= 0.3 is 12.4 Å². The summed E-state index contributed by atoms with van der Waals surface area (Å²) in [6.45, 7) is 4.01. The number of carbonyl (C=O) groups excluding carboxylic acids is 1. The summed E-state index contributed by atoms with van der Waals surface area (Å²) in [6, 6.07) is 11.5. The van der Waals surface area contributed by atoms with E-state index in [9.17, 15) is 36.2 Å². The standard InChI is InChI=1S/C29H25F6N3O3/c1-16-7-5-6-8-21(16)22-13-23(25-12-20(15-39)37-41-25)36-14-24(22)38(4)26(40)27(2,3)17-9-18(28(30,31)32)11-19(10-17)29(33,34)35/h5-14,39H,15H2,1-4H3. The number of carbonyl (C=O) groups is 1. The van der Waals surface area contributed by atoms with Crippen molar-refractivity contribution in [3.05, 3.63) is 88.7 Å². The first-order valence-corrected chi connectivity index (χ1v) is 12.2. The molecule has 2 aromatic carbocycles. The lowest BCUT2D eigenvalue weighted by molar-refractivity contribution is -0.143. The Hall–Kier alpha value is -4.19. The van der Waals surface area contributed by atoms with Gasteiger partial charge < -0.3 is 14.5 Å². The number of benzene rings is 2. The molecule has 2 aromatic heterocycles. The predicted octanol–water partition coefficient (Wildman–Crippen LogP) is 7.18. The fourth-order valence-electron chi connectivity index (χ4n) is 4.42.